The van der Waals surface area contributed by atoms with Crippen LogP contribution < -0.4 is 5.32 Å². The minimum absolute atomic E-state index is 0.414. The van der Waals surface area contributed by atoms with Gasteiger partial charge >= 0.3 is 11.9 Å². The molecule has 1 aliphatic rings. The first-order chi connectivity index (χ1) is 16.3. The topological polar surface area (TPSA) is 77.5 Å². The van der Waals surface area contributed by atoms with Crippen molar-refractivity contribution in [2.45, 2.75) is 32.2 Å². The number of methoxy groups -OCH3 is 2. The van der Waals surface area contributed by atoms with Gasteiger partial charge in [-0.1, -0.05) is 60.2 Å². The molecule has 176 valence electrons. The SMILES string of the molecule is COC(=O)C1=C(C)NC(C)(c2nc(-c3ccc(C)cc3)cs2)C(C(=O)OC)C1c1ccccc1. The van der Waals surface area contributed by atoms with Crippen molar-refractivity contribution in [3.05, 3.63) is 87.4 Å². The molecule has 3 unspecified atom stereocenters. The molecule has 7 heteroatoms. The van der Waals surface area contributed by atoms with Gasteiger partial charge in [-0.3, -0.25) is 4.79 Å². The van der Waals surface area contributed by atoms with E-state index in [-0.39, 0.29) is 0 Å². The number of allylic oxidation sites excluding steroid dienone is 1. The van der Waals surface area contributed by atoms with Gasteiger partial charge in [-0.05, 0) is 26.3 Å². The number of hydrogen-bond acceptors (Lipinski definition) is 7. The number of carbonyl (C=O) groups is 2. The van der Waals surface area contributed by atoms with E-state index in [1.807, 2.05) is 80.7 Å². The molecule has 0 spiro atoms. The molecule has 2 heterocycles. The van der Waals surface area contributed by atoms with Crippen LogP contribution in [0.5, 0.6) is 0 Å². The zero-order valence-electron chi connectivity index (χ0n) is 19.9. The number of hydrogen-bond donors (Lipinski definition) is 1. The van der Waals surface area contributed by atoms with Crippen molar-refractivity contribution < 1.29 is 19.1 Å². The Bertz CT molecular complexity index is 1230. The number of rotatable bonds is 5. The highest BCUT2D eigenvalue weighted by atomic mass is 32.1. The summed E-state index contributed by atoms with van der Waals surface area (Å²) in [6, 6.07) is 17.7. The van der Waals surface area contributed by atoms with E-state index in [0.717, 1.165) is 21.8 Å². The Balaban J connectivity index is 1.89. The number of esters is 2. The predicted molar refractivity (Wildman–Crippen MR) is 132 cm³/mol. The fourth-order valence-corrected chi connectivity index (χ4v) is 5.72. The van der Waals surface area contributed by atoms with Crippen molar-refractivity contribution in [2.75, 3.05) is 14.2 Å². The van der Waals surface area contributed by atoms with E-state index in [0.29, 0.717) is 11.3 Å². The second-order valence-electron chi connectivity index (χ2n) is 8.65. The van der Waals surface area contributed by atoms with Gasteiger partial charge in [0.15, 0.2) is 0 Å². The summed E-state index contributed by atoms with van der Waals surface area (Å²) in [6.45, 7) is 5.82. The van der Waals surface area contributed by atoms with Gasteiger partial charge in [-0.15, -0.1) is 11.3 Å². The van der Waals surface area contributed by atoms with E-state index in [4.69, 9.17) is 14.5 Å². The Hall–Kier alpha value is -3.45. The molecule has 0 bridgehead atoms. The van der Waals surface area contributed by atoms with Crippen LogP contribution in [0.2, 0.25) is 0 Å². The Morgan fingerprint density at radius 2 is 1.68 bits per heavy atom. The van der Waals surface area contributed by atoms with Gasteiger partial charge < -0.3 is 14.8 Å². The van der Waals surface area contributed by atoms with Crippen LogP contribution in [0.3, 0.4) is 0 Å². The lowest BCUT2D eigenvalue weighted by Gasteiger charge is -2.45. The van der Waals surface area contributed by atoms with Gasteiger partial charge in [0.1, 0.15) is 10.5 Å². The van der Waals surface area contributed by atoms with Crippen LogP contribution >= 0.6 is 11.3 Å². The first-order valence-corrected chi connectivity index (χ1v) is 11.9. The number of carbonyl (C=O) groups excluding carboxylic acids is 2. The van der Waals surface area contributed by atoms with Crippen molar-refractivity contribution in [1.29, 1.82) is 0 Å². The summed E-state index contributed by atoms with van der Waals surface area (Å²) in [7, 11) is 2.72. The van der Waals surface area contributed by atoms with Gasteiger partial charge in [0.05, 0.1) is 31.4 Å². The van der Waals surface area contributed by atoms with E-state index in [1.165, 1.54) is 31.1 Å². The lowest BCUT2D eigenvalue weighted by Crippen LogP contribution is -2.55. The summed E-state index contributed by atoms with van der Waals surface area (Å²) in [5.74, 6) is -2.23. The first kappa shape index (κ1) is 23.7. The van der Waals surface area contributed by atoms with E-state index < -0.39 is 29.3 Å². The largest absolute Gasteiger partial charge is 0.469 e. The summed E-state index contributed by atoms with van der Waals surface area (Å²) in [5.41, 5.74) is 4.00. The van der Waals surface area contributed by atoms with Crippen LogP contribution in [0, 0.1) is 12.8 Å². The predicted octanol–water partition coefficient (Wildman–Crippen LogP) is 4.96. The maximum absolute atomic E-state index is 13.4. The Morgan fingerprint density at radius 1 is 1.00 bits per heavy atom. The quantitative estimate of drug-likeness (QED) is 0.525. The maximum atomic E-state index is 13.4. The lowest BCUT2D eigenvalue weighted by atomic mass is 9.67. The van der Waals surface area contributed by atoms with E-state index in [2.05, 4.69) is 5.32 Å². The van der Waals surface area contributed by atoms with Crippen LogP contribution in [0.1, 0.15) is 35.9 Å². The molecule has 0 saturated carbocycles. The number of thiazole rings is 1. The molecular formula is C27H28N2O4S. The van der Waals surface area contributed by atoms with Gasteiger partial charge in [0, 0.05) is 22.6 Å². The Kier molecular flexibility index (Phi) is 6.57. The number of benzene rings is 2. The molecule has 0 radical (unpaired) electrons. The molecule has 3 aromatic rings. The van der Waals surface area contributed by atoms with Gasteiger partial charge in [-0.2, -0.15) is 0 Å². The number of nitrogens with zero attached hydrogens (tertiary/aromatic N) is 1. The molecule has 1 aliphatic heterocycles. The van der Waals surface area contributed by atoms with Crippen LogP contribution in [-0.4, -0.2) is 31.1 Å². The highest BCUT2D eigenvalue weighted by Crippen LogP contribution is 2.49. The zero-order valence-corrected chi connectivity index (χ0v) is 20.7. The van der Waals surface area contributed by atoms with Gasteiger partial charge in [-0.25, -0.2) is 9.78 Å². The normalized spacial score (nSPS) is 22.1. The molecule has 3 atom stereocenters. The second kappa shape index (κ2) is 9.43. The number of aryl methyl sites for hydroxylation is 1. The Morgan fingerprint density at radius 3 is 2.29 bits per heavy atom. The third-order valence-corrected chi connectivity index (χ3v) is 7.51. The molecule has 0 aliphatic carbocycles. The minimum atomic E-state index is -0.914. The summed E-state index contributed by atoms with van der Waals surface area (Å²) in [6.07, 6.45) is 0. The molecule has 0 fully saturated rings. The molecule has 4 rings (SSSR count). The highest BCUT2D eigenvalue weighted by molar-refractivity contribution is 7.10. The van der Waals surface area contributed by atoms with Crippen molar-refractivity contribution in [2.24, 2.45) is 5.92 Å². The number of aromatic nitrogens is 1. The smallest absolute Gasteiger partial charge is 0.336 e. The summed E-state index contributed by atoms with van der Waals surface area (Å²) >= 11 is 1.48. The van der Waals surface area contributed by atoms with Crippen LogP contribution in [0.15, 0.2) is 71.2 Å². The molecule has 1 N–H and O–H groups in total. The Labute approximate surface area is 203 Å². The van der Waals surface area contributed by atoms with E-state index >= 15 is 0 Å². The monoisotopic (exact) mass is 476 g/mol. The highest BCUT2D eigenvalue weighted by Gasteiger charge is 2.54. The van der Waals surface area contributed by atoms with Crippen molar-refractivity contribution >= 4 is 23.3 Å². The van der Waals surface area contributed by atoms with Crippen LogP contribution in [0.4, 0.5) is 0 Å². The third kappa shape index (κ3) is 4.12. The molecule has 34 heavy (non-hydrogen) atoms. The average Bonchev–Trinajstić information content (AvgIpc) is 3.35. The first-order valence-electron chi connectivity index (χ1n) is 11.0. The van der Waals surface area contributed by atoms with Gasteiger partial charge in [0.25, 0.3) is 0 Å². The molecular weight excluding hydrogens is 448 g/mol. The minimum Gasteiger partial charge on any atom is -0.469 e. The molecule has 1 aromatic heterocycles. The lowest BCUT2D eigenvalue weighted by molar-refractivity contribution is -0.150. The maximum Gasteiger partial charge on any atom is 0.336 e. The van der Waals surface area contributed by atoms with Crippen LogP contribution in [-0.2, 0) is 24.6 Å². The molecule has 0 saturated heterocycles. The number of nitrogens with one attached hydrogen (secondary N) is 1. The summed E-state index contributed by atoms with van der Waals surface area (Å²) in [4.78, 5) is 31.2. The van der Waals surface area contributed by atoms with Crippen LogP contribution in [0.25, 0.3) is 11.3 Å². The third-order valence-electron chi connectivity index (χ3n) is 6.43. The standard InChI is InChI=1S/C27H28N2O4S/c1-16-11-13-18(14-12-16)20-15-34-26(28-20)27(3)23(25(31)33-5)22(19-9-7-6-8-10-19)21(17(2)29-27)24(30)32-4/h6-15,22-23,29H,1-5H3. The van der Waals surface area contributed by atoms with Gasteiger partial charge in [0.2, 0.25) is 0 Å². The zero-order chi connectivity index (χ0) is 24.5. The second-order valence-corrected chi connectivity index (χ2v) is 9.51. The van der Waals surface area contributed by atoms with E-state index in [9.17, 15) is 9.59 Å². The molecule has 6 nitrogen and oxygen atoms in total. The van der Waals surface area contributed by atoms with E-state index in [1.54, 1.807) is 0 Å². The average molecular weight is 477 g/mol. The van der Waals surface area contributed by atoms with Crippen molar-refractivity contribution in [1.82, 2.24) is 10.3 Å². The summed E-state index contributed by atoms with van der Waals surface area (Å²) < 4.78 is 10.4. The van der Waals surface area contributed by atoms with Crippen molar-refractivity contribution in [3.8, 4) is 11.3 Å². The number of ether oxygens (including phenoxy) is 2. The fourth-order valence-electron chi connectivity index (χ4n) is 4.73. The molecule has 2 aromatic carbocycles. The summed E-state index contributed by atoms with van der Waals surface area (Å²) in [5, 5.41) is 6.17. The fraction of sp³-hybridized carbons (Fsp3) is 0.296. The molecule has 0 amide bonds. The van der Waals surface area contributed by atoms with Crippen molar-refractivity contribution in [3.63, 3.8) is 0 Å².